The Morgan fingerprint density at radius 3 is 2.80 bits per heavy atom. The van der Waals surface area contributed by atoms with Gasteiger partial charge in [0.15, 0.2) is 10.6 Å². The van der Waals surface area contributed by atoms with Crippen LogP contribution in [0.2, 0.25) is 0 Å². The van der Waals surface area contributed by atoms with Gasteiger partial charge in [-0.25, -0.2) is 4.79 Å². The van der Waals surface area contributed by atoms with E-state index in [-0.39, 0.29) is 6.61 Å². The van der Waals surface area contributed by atoms with E-state index in [1.807, 2.05) is 42.5 Å². The molecule has 5 aromatic rings. The van der Waals surface area contributed by atoms with Crippen LogP contribution in [0.5, 0.6) is 0 Å². The van der Waals surface area contributed by atoms with Crippen LogP contribution >= 0.6 is 11.3 Å². The minimum Gasteiger partial charge on any atom is -0.420 e. The summed E-state index contributed by atoms with van der Waals surface area (Å²) < 4.78 is 5.49. The van der Waals surface area contributed by atoms with Crippen LogP contribution in [0.15, 0.2) is 63.9 Å². The maximum Gasteiger partial charge on any atom is 0.346 e. The van der Waals surface area contributed by atoms with E-state index in [1.165, 1.54) is 11.3 Å². The van der Waals surface area contributed by atoms with Crippen LogP contribution in [0.25, 0.3) is 32.3 Å². The van der Waals surface area contributed by atoms with Gasteiger partial charge in [0.05, 0.1) is 17.9 Å². The molecule has 148 valence electrons. The summed E-state index contributed by atoms with van der Waals surface area (Å²) in [5.74, 6) is 0. The Labute approximate surface area is 174 Å². The molecule has 0 aliphatic heterocycles. The van der Waals surface area contributed by atoms with Gasteiger partial charge in [-0.15, -0.1) is 10.2 Å². The van der Waals surface area contributed by atoms with Crippen molar-refractivity contribution in [1.82, 2.24) is 15.2 Å². The van der Waals surface area contributed by atoms with Gasteiger partial charge in [-0.2, -0.15) is 0 Å². The zero-order chi connectivity index (χ0) is 20.7. The highest BCUT2D eigenvalue weighted by molar-refractivity contribution is 7.18. The average molecular weight is 416 g/mol. The summed E-state index contributed by atoms with van der Waals surface area (Å²) >= 11 is 1.26. The van der Waals surface area contributed by atoms with Crippen LogP contribution in [-0.2, 0) is 6.61 Å². The third-order valence-electron chi connectivity index (χ3n) is 4.89. The number of anilines is 2. The molecule has 0 spiro atoms. The van der Waals surface area contributed by atoms with Crippen molar-refractivity contribution in [2.75, 3.05) is 5.32 Å². The minimum absolute atomic E-state index is 0.207. The summed E-state index contributed by atoms with van der Waals surface area (Å²) in [5, 5.41) is 25.1. The largest absolute Gasteiger partial charge is 0.420 e. The molecule has 5 rings (SSSR count). The molecule has 0 radical (unpaired) electrons. The first-order chi connectivity index (χ1) is 14.6. The van der Waals surface area contributed by atoms with Gasteiger partial charge >= 0.3 is 5.63 Å². The van der Waals surface area contributed by atoms with E-state index in [1.54, 1.807) is 19.2 Å². The lowest BCUT2D eigenvalue weighted by Gasteiger charge is -2.06. The molecule has 0 fully saturated rings. The standard InChI is InChI=1S/C22H16N4O3S/c1-12-19-16(14(11-27)10-23-12)9-17(21(28)29-19)20-25-26-22(30-20)24-18-8-4-6-13-5-2-3-7-15(13)18/h2-10,27H,11H2,1H3,(H,24,26). The van der Waals surface area contributed by atoms with Gasteiger partial charge in [0.25, 0.3) is 0 Å². The Hall–Kier alpha value is -3.62. The van der Waals surface area contributed by atoms with Gasteiger partial charge in [-0.3, -0.25) is 4.98 Å². The van der Waals surface area contributed by atoms with Crippen molar-refractivity contribution in [3.8, 4) is 10.6 Å². The topological polar surface area (TPSA) is 101 Å². The molecule has 2 N–H and O–H groups in total. The zero-order valence-corrected chi connectivity index (χ0v) is 16.7. The highest BCUT2D eigenvalue weighted by Crippen LogP contribution is 2.32. The first kappa shape index (κ1) is 18.4. The second-order valence-electron chi connectivity index (χ2n) is 6.78. The lowest BCUT2D eigenvalue weighted by molar-refractivity contribution is 0.282. The van der Waals surface area contributed by atoms with E-state index in [4.69, 9.17) is 4.42 Å². The Morgan fingerprint density at radius 1 is 1.10 bits per heavy atom. The number of fused-ring (bicyclic) bond motifs is 2. The van der Waals surface area contributed by atoms with Crippen molar-refractivity contribution in [2.24, 2.45) is 0 Å². The minimum atomic E-state index is -0.518. The molecule has 30 heavy (non-hydrogen) atoms. The summed E-state index contributed by atoms with van der Waals surface area (Å²) in [6, 6.07) is 15.7. The summed E-state index contributed by atoms with van der Waals surface area (Å²) in [6.07, 6.45) is 1.58. The Morgan fingerprint density at radius 2 is 1.93 bits per heavy atom. The maximum atomic E-state index is 12.6. The van der Waals surface area contributed by atoms with Crippen LogP contribution in [0, 0.1) is 6.92 Å². The molecule has 0 saturated heterocycles. The fourth-order valence-electron chi connectivity index (χ4n) is 3.39. The molecule has 3 heterocycles. The molecule has 0 saturated carbocycles. The third-order valence-corrected chi connectivity index (χ3v) is 5.77. The van der Waals surface area contributed by atoms with Gasteiger partial charge < -0.3 is 14.8 Å². The van der Waals surface area contributed by atoms with Crippen molar-refractivity contribution in [3.05, 3.63) is 76.4 Å². The van der Waals surface area contributed by atoms with Crippen LogP contribution < -0.4 is 10.9 Å². The Kier molecular flexibility index (Phi) is 4.50. The Balaban J connectivity index is 1.56. The predicted octanol–water partition coefficient (Wildman–Crippen LogP) is 4.40. The fourth-order valence-corrected chi connectivity index (χ4v) is 4.15. The first-order valence-corrected chi connectivity index (χ1v) is 10.1. The summed E-state index contributed by atoms with van der Waals surface area (Å²) in [6.45, 7) is 1.55. The van der Waals surface area contributed by atoms with Crippen molar-refractivity contribution in [3.63, 3.8) is 0 Å². The lowest BCUT2D eigenvalue weighted by atomic mass is 10.1. The lowest BCUT2D eigenvalue weighted by Crippen LogP contribution is -2.05. The molecule has 3 aromatic heterocycles. The quantitative estimate of drug-likeness (QED) is 0.448. The van der Waals surface area contributed by atoms with E-state index in [9.17, 15) is 9.90 Å². The number of nitrogens with zero attached hydrogens (tertiary/aromatic N) is 3. The molecular weight excluding hydrogens is 400 g/mol. The van der Waals surface area contributed by atoms with E-state index in [2.05, 4.69) is 20.5 Å². The van der Waals surface area contributed by atoms with Crippen LogP contribution in [0.4, 0.5) is 10.8 Å². The molecule has 7 nitrogen and oxygen atoms in total. The Bertz CT molecular complexity index is 1450. The fraction of sp³-hybridized carbons (Fsp3) is 0.0909. The molecule has 0 amide bonds. The maximum absolute atomic E-state index is 12.6. The van der Waals surface area contributed by atoms with E-state index < -0.39 is 5.63 Å². The highest BCUT2D eigenvalue weighted by atomic mass is 32.1. The number of hydrogen-bond donors (Lipinski definition) is 2. The van der Waals surface area contributed by atoms with Crippen molar-refractivity contribution >= 4 is 43.9 Å². The number of aromatic nitrogens is 3. The second-order valence-corrected chi connectivity index (χ2v) is 7.76. The summed E-state index contributed by atoms with van der Waals surface area (Å²) in [4.78, 5) is 16.8. The monoisotopic (exact) mass is 416 g/mol. The van der Waals surface area contributed by atoms with Gasteiger partial charge in [0.2, 0.25) is 5.13 Å². The molecule has 0 aliphatic rings. The number of benzene rings is 2. The number of rotatable bonds is 4. The molecule has 0 atom stereocenters. The normalized spacial score (nSPS) is 11.3. The van der Waals surface area contributed by atoms with Gasteiger partial charge in [0.1, 0.15) is 0 Å². The number of nitrogens with one attached hydrogen (secondary N) is 1. The first-order valence-electron chi connectivity index (χ1n) is 9.26. The molecule has 0 bridgehead atoms. The predicted molar refractivity (Wildman–Crippen MR) is 117 cm³/mol. The van der Waals surface area contributed by atoms with Crippen LogP contribution in [-0.4, -0.2) is 20.3 Å². The van der Waals surface area contributed by atoms with E-state index >= 15 is 0 Å². The van der Waals surface area contributed by atoms with Crippen molar-refractivity contribution in [1.29, 1.82) is 0 Å². The number of pyridine rings is 1. The smallest absolute Gasteiger partial charge is 0.346 e. The average Bonchev–Trinajstić information content (AvgIpc) is 3.22. The molecule has 8 heteroatoms. The molecule has 0 unspecified atom stereocenters. The number of aliphatic hydroxyl groups excluding tert-OH is 1. The highest BCUT2D eigenvalue weighted by Gasteiger charge is 2.16. The van der Waals surface area contributed by atoms with Crippen LogP contribution in [0.1, 0.15) is 11.3 Å². The number of aliphatic hydroxyl groups is 1. The molecular formula is C22H16N4O3S. The van der Waals surface area contributed by atoms with Crippen LogP contribution in [0.3, 0.4) is 0 Å². The number of hydrogen-bond acceptors (Lipinski definition) is 8. The van der Waals surface area contributed by atoms with Crippen molar-refractivity contribution in [2.45, 2.75) is 13.5 Å². The van der Waals surface area contributed by atoms with Gasteiger partial charge in [-0.1, -0.05) is 47.7 Å². The summed E-state index contributed by atoms with van der Waals surface area (Å²) in [7, 11) is 0. The molecule has 0 aliphatic carbocycles. The SMILES string of the molecule is Cc1ncc(CO)c2cc(-c3nnc(Nc4cccc5ccccc45)s3)c(=O)oc12. The summed E-state index contributed by atoms with van der Waals surface area (Å²) in [5.41, 5.74) is 2.22. The third kappa shape index (κ3) is 3.12. The van der Waals surface area contributed by atoms with E-state index in [0.29, 0.717) is 37.9 Å². The van der Waals surface area contributed by atoms with Gasteiger partial charge in [0, 0.05) is 28.2 Å². The van der Waals surface area contributed by atoms with Crippen molar-refractivity contribution < 1.29 is 9.52 Å². The zero-order valence-electron chi connectivity index (χ0n) is 15.9. The van der Waals surface area contributed by atoms with Gasteiger partial charge in [-0.05, 0) is 24.4 Å². The van der Waals surface area contributed by atoms with E-state index in [0.717, 1.165) is 16.5 Å². The molecule has 2 aromatic carbocycles. The second kappa shape index (κ2) is 7.33. The number of aryl methyl sites for hydroxylation is 1.